The molecule has 0 aromatic heterocycles. The minimum absolute atomic E-state index is 0.315. The largest absolute Gasteiger partial charge is 0.391 e. The zero-order chi connectivity index (χ0) is 17.2. The number of ether oxygens (including phenoxy) is 1. The Bertz CT molecular complexity index is 219. The summed E-state index contributed by atoms with van der Waals surface area (Å²) in [5, 5.41) is 18.8. The van der Waals surface area contributed by atoms with Crippen LogP contribution in [0.15, 0.2) is 0 Å². The standard InChI is InChI=1S/C20H42O3/c1-3-4-5-6-7-8-9-10-11-12-13-14-15-16-20(22)18-23-17-19(2)21/h19-22H,3-18H2,1-2H3. The van der Waals surface area contributed by atoms with Crippen molar-refractivity contribution < 1.29 is 14.9 Å². The Labute approximate surface area is 144 Å². The van der Waals surface area contributed by atoms with Crippen LogP contribution in [0.25, 0.3) is 0 Å². The third-order valence-corrected chi connectivity index (χ3v) is 4.31. The van der Waals surface area contributed by atoms with Gasteiger partial charge >= 0.3 is 0 Å². The highest BCUT2D eigenvalue weighted by molar-refractivity contribution is 4.56. The number of rotatable bonds is 18. The van der Waals surface area contributed by atoms with Crippen LogP contribution in [0.2, 0.25) is 0 Å². The summed E-state index contributed by atoms with van der Waals surface area (Å²) in [4.78, 5) is 0. The van der Waals surface area contributed by atoms with Crippen molar-refractivity contribution in [3.8, 4) is 0 Å². The molecule has 23 heavy (non-hydrogen) atoms. The van der Waals surface area contributed by atoms with Crippen molar-refractivity contribution in [2.24, 2.45) is 0 Å². The Balaban J connectivity index is 3.09. The molecule has 0 saturated carbocycles. The topological polar surface area (TPSA) is 49.7 Å². The van der Waals surface area contributed by atoms with Crippen molar-refractivity contribution in [1.82, 2.24) is 0 Å². The lowest BCUT2D eigenvalue weighted by Crippen LogP contribution is -2.19. The van der Waals surface area contributed by atoms with Gasteiger partial charge in [-0.05, 0) is 13.3 Å². The van der Waals surface area contributed by atoms with E-state index in [9.17, 15) is 5.11 Å². The van der Waals surface area contributed by atoms with Crippen LogP contribution >= 0.6 is 0 Å². The Morgan fingerprint density at radius 3 is 1.52 bits per heavy atom. The first-order chi connectivity index (χ1) is 11.2. The zero-order valence-electron chi connectivity index (χ0n) is 15.8. The van der Waals surface area contributed by atoms with Crippen LogP contribution in [0, 0.1) is 0 Å². The van der Waals surface area contributed by atoms with Crippen LogP contribution in [-0.2, 0) is 4.74 Å². The minimum Gasteiger partial charge on any atom is -0.391 e. The minimum atomic E-state index is -0.446. The van der Waals surface area contributed by atoms with E-state index in [1.54, 1.807) is 6.92 Å². The lowest BCUT2D eigenvalue weighted by atomic mass is 10.0. The highest BCUT2D eigenvalue weighted by Gasteiger charge is 2.05. The number of hydrogen-bond donors (Lipinski definition) is 2. The molecule has 2 atom stereocenters. The molecule has 0 aromatic carbocycles. The van der Waals surface area contributed by atoms with Gasteiger partial charge in [-0.3, -0.25) is 0 Å². The van der Waals surface area contributed by atoms with Crippen molar-refractivity contribution in [3.63, 3.8) is 0 Å². The van der Waals surface area contributed by atoms with Crippen LogP contribution in [0.5, 0.6) is 0 Å². The summed E-state index contributed by atoms with van der Waals surface area (Å²) in [6.07, 6.45) is 17.5. The van der Waals surface area contributed by atoms with E-state index in [4.69, 9.17) is 9.84 Å². The smallest absolute Gasteiger partial charge is 0.0773 e. The molecule has 0 aromatic rings. The van der Waals surface area contributed by atoms with Gasteiger partial charge in [0.05, 0.1) is 25.4 Å². The highest BCUT2D eigenvalue weighted by atomic mass is 16.5. The number of unbranched alkanes of at least 4 members (excludes halogenated alkanes) is 12. The number of aliphatic hydroxyl groups excluding tert-OH is 2. The molecular weight excluding hydrogens is 288 g/mol. The van der Waals surface area contributed by atoms with Gasteiger partial charge in [-0.25, -0.2) is 0 Å². The predicted octanol–water partition coefficient (Wildman–Crippen LogP) is 5.23. The van der Waals surface area contributed by atoms with Crippen LogP contribution in [0.3, 0.4) is 0 Å². The summed E-state index contributed by atoms with van der Waals surface area (Å²) in [5.41, 5.74) is 0. The van der Waals surface area contributed by atoms with Crippen molar-refractivity contribution in [2.75, 3.05) is 13.2 Å². The molecule has 0 aliphatic heterocycles. The third kappa shape index (κ3) is 19.8. The molecule has 0 heterocycles. The average molecular weight is 331 g/mol. The maximum absolute atomic E-state index is 9.73. The predicted molar refractivity (Wildman–Crippen MR) is 98.8 cm³/mol. The molecule has 3 nitrogen and oxygen atoms in total. The molecule has 0 radical (unpaired) electrons. The first kappa shape index (κ1) is 22.9. The van der Waals surface area contributed by atoms with Crippen molar-refractivity contribution in [2.45, 2.75) is 116 Å². The van der Waals surface area contributed by atoms with Gasteiger partial charge in [0.25, 0.3) is 0 Å². The number of hydrogen-bond acceptors (Lipinski definition) is 3. The van der Waals surface area contributed by atoms with Gasteiger partial charge < -0.3 is 14.9 Å². The van der Waals surface area contributed by atoms with Gasteiger partial charge in [-0.2, -0.15) is 0 Å². The van der Waals surface area contributed by atoms with Crippen molar-refractivity contribution >= 4 is 0 Å². The molecule has 0 aliphatic carbocycles. The maximum atomic E-state index is 9.73. The second-order valence-electron chi connectivity index (χ2n) is 7.07. The lowest BCUT2D eigenvalue weighted by Gasteiger charge is -2.12. The van der Waals surface area contributed by atoms with Gasteiger partial charge in [0, 0.05) is 0 Å². The summed E-state index contributed by atoms with van der Waals surface area (Å²) in [6, 6.07) is 0. The molecule has 0 aliphatic rings. The van der Waals surface area contributed by atoms with E-state index in [2.05, 4.69) is 6.92 Å². The summed E-state index contributed by atoms with van der Waals surface area (Å²) < 4.78 is 5.22. The fourth-order valence-corrected chi connectivity index (χ4v) is 2.86. The first-order valence-electron chi connectivity index (χ1n) is 10.1. The van der Waals surface area contributed by atoms with Crippen molar-refractivity contribution in [3.05, 3.63) is 0 Å². The van der Waals surface area contributed by atoms with E-state index in [-0.39, 0.29) is 6.10 Å². The summed E-state index contributed by atoms with van der Waals surface area (Å²) in [5.74, 6) is 0. The molecule has 2 N–H and O–H groups in total. The Morgan fingerprint density at radius 1 is 0.652 bits per heavy atom. The molecule has 3 heteroatoms. The molecule has 0 fully saturated rings. The Morgan fingerprint density at radius 2 is 1.09 bits per heavy atom. The average Bonchev–Trinajstić information content (AvgIpc) is 2.51. The van der Waals surface area contributed by atoms with Crippen LogP contribution in [0.1, 0.15) is 104 Å². The Kier molecular flexibility index (Phi) is 18.1. The fourth-order valence-electron chi connectivity index (χ4n) is 2.86. The van der Waals surface area contributed by atoms with Crippen molar-refractivity contribution in [1.29, 1.82) is 0 Å². The van der Waals surface area contributed by atoms with Gasteiger partial charge in [0.15, 0.2) is 0 Å². The maximum Gasteiger partial charge on any atom is 0.0773 e. The van der Waals surface area contributed by atoms with E-state index in [0.29, 0.717) is 13.2 Å². The van der Waals surface area contributed by atoms with Gasteiger partial charge in [0.1, 0.15) is 0 Å². The normalized spacial score (nSPS) is 14.1. The molecule has 0 spiro atoms. The molecular formula is C20H42O3. The van der Waals surface area contributed by atoms with E-state index >= 15 is 0 Å². The van der Waals surface area contributed by atoms with E-state index in [1.807, 2.05) is 0 Å². The monoisotopic (exact) mass is 330 g/mol. The quantitative estimate of drug-likeness (QED) is 0.338. The molecule has 0 saturated heterocycles. The van der Waals surface area contributed by atoms with Crippen LogP contribution in [0.4, 0.5) is 0 Å². The van der Waals surface area contributed by atoms with Gasteiger partial charge in [0.2, 0.25) is 0 Å². The summed E-state index contributed by atoms with van der Waals surface area (Å²) in [7, 11) is 0. The fraction of sp³-hybridized carbons (Fsp3) is 1.00. The second kappa shape index (κ2) is 18.2. The lowest BCUT2D eigenvalue weighted by molar-refractivity contribution is -0.00504. The van der Waals surface area contributed by atoms with Gasteiger partial charge in [-0.15, -0.1) is 0 Å². The van der Waals surface area contributed by atoms with E-state index in [1.165, 1.54) is 77.0 Å². The first-order valence-corrected chi connectivity index (χ1v) is 10.1. The summed E-state index contributed by atoms with van der Waals surface area (Å²) >= 11 is 0. The van der Waals surface area contributed by atoms with Crippen LogP contribution < -0.4 is 0 Å². The van der Waals surface area contributed by atoms with E-state index < -0.39 is 6.10 Å². The Hall–Kier alpha value is -0.120. The highest BCUT2D eigenvalue weighted by Crippen LogP contribution is 2.13. The van der Waals surface area contributed by atoms with E-state index in [0.717, 1.165) is 12.8 Å². The molecule has 0 rings (SSSR count). The molecule has 2 unspecified atom stereocenters. The SMILES string of the molecule is CCCCCCCCCCCCCCCC(O)COCC(C)O. The third-order valence-electron chi connectivity index (χ3n) is 4.31. The number of aliphatic hydroxyl groups is 2. The van der Waals surface area contributed by atoms with Crippen LogP contribution in [-0.4, -0.2) is 35.6 Å². The molecule has 0 bridgehead atoms. The van der Waals surface area contributed by atoms with Gasteiger partial charge in [-0.1, -0.05) is 90.4 Å². The summed E-state index contributed by atoms with van der Waals surface area (Å²) in [6.45, 7) is 4.63. The molecule has 140 valence electrons. The zero-order valence-corrected chi connectivity index (χ0v) is 15.8. The molecule has 0 amide bonds. The second-order valence-corrected chi connectivity index (χ2v) is 7.07.